The summed E-state index contributed by atoms with van der Waals surface area (Å²) in [6.07, 6.45) is 2.43. The van der Waals surface area contributed by atoms with Crippen molar-refractivity contribution in [2.45, 2.75) is 59.2 Å². The number of hydrogen-bond donors (Lipinski definition) is 0. The standard InChI is InChI=1S/C12H24O3Si/c1-6-7-8-16(5,10-12(2,3)4)15-11(14)9-13/h9H,6-8,10H2,1-5H3. The lowest BCUT2D eigenvalue weighted by Crippen LogP contribution is -2.40. The van der Waals surface area contributed by atoms with Crippen LogP contribution < -0.4 is 0 Å². The molecule has 0 aliphatic carbocycles. The van der Waals surface area contributed by atoms with Gasteiger partial charge in [-0.15, -0.1) is 0 Å². The first-order valence-corrected chi connectivity index (χ1v) is 8.73. The van der Waals surface area contributed by atoms with Crippen molar-refractivity contribution < 1.29 is 14.0 Å². The summed E-state index contributed by atoms with van der Waals surface area (Å²) < 4.78 is 5.40. The molecule has 0 aliphatic rings. The van der Waals surface area contributed by atoms with Gasteiger partial charge in [0.2, 0.25) is 6.29 Å². The number of unbranched alkanes of at least 4 members (excludes halogenated alkanes) is 1. The van der Waals surface area contributed by atoms with Crippen LogP contribution >= 0.6 is 0 Å². The van der Waals surface area contributed by atoms with Gasteiger partial charge in [0.1, 0.15) is 0 Å². The van der Waals surface area contributed by atoms with Gasteiger partial charge in [-0.3, -0.25) is 4.79 Å². The van der Waals surface area contributed by atoms with Crippen LogP contribution in [0.3, 0.4) is 0 Å². The lowest BCUT2D eigenvalue weighted by atomic mass is 10.0. The molecule has 0 aromatic heterocycles. The molecule has 0 bridgehead atoms. The number of carbonyl (C=O) groups is 2. The largest absolute Gasteiger partial charge is 0.514 e. The minimum atomic E-state index is -2.07. The molecule has 16 heavy (non-hydrogen) atoms. The zero-order valence-electron chi connectivity index (χ0n) is 11.1. The second kappa shape index (κ2) is 6.18. The molecule has 94 valence electrons. The van der Waals surface area contributed by atoms with Gasteiger partial charge in [0.05, 0.1) is 0 Å². The third-order valence-corrected chi connectivity index (χ3v) is 6.32. The predicted octanol–water partition coefficient (Wildman–Crippen LogP) is 3.15. The Hall–Kier alpha value is -0.643. The van der Waals surface area contributed by atoms with Crippen molar-refractivity contribution in [3.8, 4) is 0 Å². The maximum absolute atomic E-state index is 11.1. The molecule has 1 unspecified atom stereocenters. The molecule has 0 aromatic carbocycles. The molecule has 0 spiro atoms. The average molecular weight is 244 g/mol. The van der Waals surface area contributed by atoms with E-state index in [9.17, 15) is 9.59 Å². The van der Waals surface area contributed by atoms with E-state index in [2.05, 4.69) is 34.2 Å². The van der Waals surface area contributed by atoms with E-state index in [4.69, 9.17) is 4.43 Å². The van der Waals surface area contributed by atoms with Gasteiger partial charge in [0, 0.05) is 0 Å². The number of aldehydes is 1. The summed E-state index contributed by atoms with van der Waals surface area (Å²) in [4.78, 5) is 21.5. The van der Waals surface area contributed by atoms with E-state index in [1.807, 2.05) is 0 Å². The van der Waals surface area contributed by atoms with Crippen LogP contribution in [0.25, 0.3) is 0 Å². The first-order valence-electron chi connectivity index (χ1n) is 5.90. The maximum Gasteiger partial charge on any atom is 0.358 e. The molecule has 0 fully saturated rings. The summed E-state index contributed by atoms with van der Waals surface area (Å²) in [6.45, 7) is 10.6. The van der Waals surface area contributed by atoms with E-state index in [0.717, 1.165) is 24.9 Å². The zero-order chi connectivity index (χ0) is 12.8. The molecule has 1 atom stereocenters. The summed E-state index contributed by atoms with van der Waals surface area (Å²) in [6, 6.07) is 1.85. The molecule has 0 saturated heterocycles. The Morgan fingerprint density at radius 2 is 1.94 bits per heavy atom. The van der Waals surface area contributed by atoms with E-state index in [1.165, 1.54) is 0 Å². The SMILES string of the molecule is CCCC[Si](C)(CC(C)(C)C)OC(=O)C=O. The van der Waals surface area contributed by atoms with Crippen LogP contribution in [0.1, 0.15) is 40.5 Å². The molecule has 0 aliphatic heterocycles. The van der Waals surface area contributed by atoms with Crippen LogP contribution in [0.2, 0.25) is 18.6 Å². The number of carbonyl (C=O) groups excluding carboxylic acids is 2. The van der Waals surface area contributed by atoms with Gasteiger partial charge in [-0.2, -0.15) is 0 Å². The average Bonchev–Trinajstić information content (AvgIpc) is 2.11. The fourth-order valence-corrected chi connectivity index (χ4v) is 6.34. The first-order chi connectivity index (χ1) is 7.22. The lowest BCUT2D eigenvalue weighted by molar-refractivity contribution is -0.142. The molecule has 0 amide bonds. The highest BCUT2D eigenvalue weighted by molar-refractivity contribution is 6.74. The molecule has 0 heterocycles. The minimum Gasteiger partial charge on any atom is -0.514 e. The Balaban J connectivity index is 4.59. The highest BCUT2D eigenvalue weighted by atomic mass is 28.4. The molecule has 0 N–H and O–H groups in total. The van der Waals surface area contributed by atoms with Gasteiger partial charge in [-0.1, -0.05) is 40.5 Å². The Kier molecular flexibility index (Phi) is 5.93. The van der Waals surface area contributed by atoms with E-state index in [-0.39, 0.29) is 11.7 Å². The van der Waals surface area contributed by atoms with Crippen molar-refractivity contribution in [2.24, 2.45) is 5.41 Å². The summed E-state index contributed by atoms with van der Waals surface area (Å²) >= 11 is 0. The second-order valence-electron chi connectivity index (χ2n) is 5.83. The monoisotopic (exact) mass is 244 g/mol. The van der Waals surface area contributed by atoms with Gasteiger partial charge in [0.15, 0.2) is 0 Å². The Morgan fingerprint density at radius 3 is 2.31 bits per heavy atom. The Bertz CT molecular complexity index is 245. The molecule has 0 radical (unpaired) electrons. The van der Waals surface area contributed by atoms with Crippen molar-refractivity contribution in [1.82, 2.24) is 0 Å². The van der Waals surface area contributed by atoms with Crippen LogP contribution in [-0.4, -0.2) is 20.6 Å². The quantitative estimate of drug-likeness (QED) is 0.409. The number of rotatable bonds is 6. The summed E-state index contributed by atoms with van der Waals surface area (Å²) in [5.74, 6) is -0.700. The minimum absolute atomic E-state index is 0.137. The summed E-state index contributed by atoms with van der Waals surface area (Å²) in [5.41, 5.74) is 0.137. The van der Waals surface area contributed by atoms with Crippen molar-refractivity contribution in [1.29, 1.82) is 0 Å². The normalized spacial score (nSPS) is 15.3. The van der Waals surface area contributed by atoms with Crippen molar-refractivity contribution in [2.75, 3.05) is 0 Å². The molecule has 3 nitrogen and oxygen atoms in total. The highest BCUT2D eigenvalue weighted by Gasteiger charge is 2.36. The second-order valence-corrected chi connectivity index (χ2v) is 9.79. The third kappa shape index (κ3) is 6.77. The van der Waals surface area contributed by atoms with Crippen LogP contribution in [0, 0.1) is 5.41 Å². The van der Waals surface area contributed by atoms with E-state index in [1.54, 1.807) is 0 Å². The van der Waals surface area contributed by atoms with E-state index >= 15 is 0 Å². The van der Waals surface area contributed by atoms with Gasteiger partial charge < -0.3 is 4.43 Å². The van der Waals surface area contributed by atoms with Crippen molar-refractivity contribution in [3.63, 3.8) is 0 Å². The van der Waals surface area contributed by atoms with Crippen LogP contribution in [0.5, 0.6) is 0 Å². The van der Waals surface area contributed by atoms with Gasteiger partial charge in [-0.25, -0.2) is 4.79 Å². The lowest BCUT2D eigenvalue weighted by Gasteiger charge is -2.32. The Labute approximate surface area is 99.7 Å². The van der Waals surface area contributed by atoms with Crippen molar-refractivity contribution in [3.05, 3.63) is 0 Å². The number of hydrogen-bond acceptors (Lipinski definition) is 3. The summed E-state index contributed by atoms with van der Waals surface area (Å²) in [7, 11) is -2.07. The molecule has 0 saturated carbocycles. The smallest absolute Gasteiger partial charge is 0.358 e. The molecule has 0 aromatic rings. The predicted molar refractivity (Wildman–Crippen MR) is 67.8 cm³/mol. The van der Waals surface area contributed by atoms with Gasteiger partial charge in [0.25, 0.3) is 8.32 Å². The maximum atomic E-state index is 11.1. The van der Waals surface area contributed by atoms with Crippen molar-refractivity contribution >= 4 is 20.6 Å². The zero-order valence-corrected chi connectivity index (χ0v) is 12.1. The fraction of sp³-hybridized carbons (Fsp3) is 0.833. The van der Waals surface area contributed by atoms with Crippen LogP contribution in [0.4, 0.5) is 0 Å². The molecular weight excluding hydrogens is 220 g/mol. The topological polar surface area (TPSA) is 43.4 Å². The van der Waals surface area contributed by atoms with E-state index < -0.39 is 14.3 Å². The van der Waals surface area contributed by atoms with Crippen LogP contribution in [0.15, 0.2) is 0 Å². The molecular formula is C12H24O3Si. The fourth-order valence-electron chi connectivity index (χ4n) is 2.11. The molecule has 4 heteroatoms. The highest BCUT2D eigenvalue weighted by Crippen LogP contribution is 2.32. The third-order valence-electron chi connectivity index (χ3n) is 2.41. The summed E-state index contributed by atoms with van der Waals surface area (Å²) in [5, 5.41) is 0. The van der Waals surface area contributed by atoms with Gasteiger partial charge >= 0.3 is 5.97 Å². The Morgan fingerprint density at radius 1 is 1.38 bits per heavy atom. The first kappa shape index (κ1) is 15.4. The van der Waals surface area contributed by atoms with Gasteiger partial charge in [-0.05, 0) is 24.1 Å². The van der Waals surface area contributed by atoms with Crippen LogP contribution in [-0.2, 0) is 14.0 Å². The molecule has 0 rings (SSSR count). The van der Waals surface area contributed by atoms with E-state index in [0.29, 0.717) is 0 Å².